The van der Waals surface area contributed by atoms with Crippen molar-refractivity contribution in [2.45, 2.75) is 12.7 Å². The summed E-state index contributed by atoms with van der Waals surface area (Å²) in [7, 11) is 1.10. The molecule has 2 N–H and O–H groups in total. The Kier molecular flexibility index (Phi) is 3.76. The van der Waals surface area contributed by atoms with E-state index in [1.165, 1.54) is 12.1 Å². The van der Waals surface area contributed by atoms with Crippen LogP contribution in [-0.4, -0.2) is 23.3 Å². The largest absolute Gasteiger partial charge is 0.467 e. The Labute approximate surface area is 85.9 Å². The van der Waals surface area contributed by atoms with E-state index in [2.05, 4.69) is 4.74 Å². The lowest BCUT2D eigenvalue weighted by Crippen LogP contribution is -2.15. The molecule has 1 unspecified atom stereocenters. The van der Waals surface area contributed by atoms with Gasteiger partial charge >= 0.3 is 5.97 Å². The first kappa shape index (κ1) is 11.6. The van der Waals surface area contributed by atoms with Crippen molar-refractivity contribution in [1.29, 1.82) is 0 Å². The first-order chi connectivity index (χ1) is 7.10. The fourth-order valence-electron chi connectivity index (χ4n) is 1.14. The van der Waals surface area contributed by atoms with Gasteiger partial charge in [0.25, 0.3) is 0 Å². The summed E-state index contributed by atoms with van der Waals surface area (Å²) in [5.74, 6) is -1.66. The smallest absolute Gasteiger partial charge is 0.339 e. The molecule has 0 aliphatic carbocycles. The van der Waals surface area contributed by atoms with E-state index in [1.54, 1.807) is 0 Å². The first-order valence-electron chi connectivity index (χ1n) is 4.25. The molecule has 1 rings (SSSR count). The third-order valence-corrected chi connectivity index (χ3v) is 1.96. The zero-order valence-corrected chi connectivity index (χ0v) is 8.11. The molecule has 5 heteroatoms. The molecule has 4 nitrogen and oxygen atoms in total. The van der Waals surface area contributed by atoms with Crippen LogP contribution in [0.4, 0.5) is 4.39 Å². The van der Waals surface area contributed by atoms with Crippen molar-refractivity contribution in [3.8, 4) is 0 Å². The third kappa shape index (κ3) is 2.51. The summed E-state index contributed by atoms with van der Waals surface area (Å²) in [6, 6.07) is 3.66. The minimum Gasteiger partial charge on any atom is -0.467 e. The highest BCUT2D eigenvalue weighted by Gasteiger charge is 2.21. The molecule has 1 aromatic rings. The van der Waals surface area contributed by atoms with E-state index in [-0.39, 0.29) is 12.2 Å². The zero-order chi connectivity index (χ0) is 11.4. The molecule has 1 atom stereocenters. The first-order valence-corrected chi connectivity index (χ1v) is 4.25. The van der Waals surface area contributed by atoms with Gasteiger partial charge in [-0.1, -0.05) is 6.07 Å². The molecule has 1 aromatic carbocycles. The van der Waals surface area contributed by atoms with E-state index in [9.17, 15) is 14.3 Å². The number of hydrogen-bond donors (Lipinski definition) is 2. The number of carbonyl (C=O) groups is 1. The second-order valence-electron chi connectivity index (χ2n) is 2.94. The molecule has 0 aliphatic rings. The van der Waals surface area contributed by atoms with Crippen molar-refractivity contribution in [3.63, 3.8) is 0 Å². The van der Waals surface area contributed by atoms with Gasteiger partial charge in [-0.2, -0.15) is 0 Å². The lowest BCUT2D eigenvalue weighted by atomic mass is 10.1. The van der Waals surface area contributed by atoms with Crippen LogP contribution in [-0.2, 0) is 16.1 Å². The summed E-state index contributed by atoms with van der Waals surface area (Å²) in [6.45, 7) is -0.291. The summed E-state index contributed by atoms with van der Waals surface area (Å²) >= 11 is 0. The van der Waals surface area contributed by atoms with E-state index >= 15 is 0 Å². The van der Waals surface area contributed by atoms with Crippen LogP contribution in [0.25, 0.3) is 0 Å². The summed E-state index contributed by atoms with van der Waals surface area (Å²) in [4.78, 5) is 11.0. The van der Waals surface area contributed by atoms with E-state index in [1.807, 2.05) is 0 Å². The molecule has 0 radical (unpaired) electrons. The average Bonchev–Trinajstić information content (AvgIpc) is 2.27. The van der Waals surface area contributed by atoms with Crippen molar-refractivity contribution in [1.82, 2.24) is 0 Å². The fraction of sp³-hybridized carbons (Fsp3) is 0.300. The highest BCUT2D eigenvalue weighted by atomic mass is 19.1. The number of hydrogen-bond acceptors (Lipinski definition) is 4. The van der Waals surface area contributed by atoms with Gasteiger partial charge < -0.3 is 14.9 Å². The van der Waals surface area contributed by atoms with Crippen LogP contribution in [0.15, 0.2) is 18.2 Å². The fourth-order valence-corrected chi connectivity index (χ4v) is 1.14. The summed E-state index contributed by atoms with van der Waals surface area (Å²) in [6.07, 6.45) is -1.67. The van der Waals surface area contributed by atoms with Gasteiger partial charge in [-0.3, -0.25) is 0 Å². The molecule has 0 saturated carbocycles. The SMILES string of the molecule is COC(=O)C(O)c1cc(CO)ccc1F. The normalized spacial score (nSPS) is 12.3. The van der Waals surface area contributed by atoms with Gasteiger partial charge in [0.15, 0.2) is 6.10 Å². The molecule has 0 heterocycles. The molecular weight excluding hydrogens is 203 g/mol. The monoisotopic (exact) mass is 214 g/mol. The Morgan fingerprint density at radius 3 is 2.80 bits per heavy atom. The number of carbonyl (C=O) groups excluding carboxylic acids is 1. The summed E-state index contributed by atoms with van der Waals surface area (Å²) in [5.41, 5.74) is 0.211. The number of halogens is 1. The van der Waals surface area contributed by atoms with Crippen LogP contribution in [0.5, 0.6) is 0 Å². The van der Waals surface area contributed by atoms with Gasteiger partial charge in [0.05, 0.1) is 13.7 Å². The van der Waals surface area contributed by atoms with E-state index in [0.717, 1.165) is 13.2 Å². The van der Waals surface area contributed by atoms with Gasteiger partial charge in [-0.15, -0.1) is 0 Å². The Hall–Kier alpha value is -1.46. The minimum atomic E-state index is -1.67. The summed E-state index contributed by atoms with van der Waals surface area (Å²) in [5, 5.41) is 18.2. The van der Waals surface area contributed by atoms with E-state index in [0.29, 0.717) is 5.56 Å². The van der Waals surface area contributed by atoms with Gasteiger partial charge in [-0.25, -0.2) is 9.18 Å². The van der Waals surface area contributed by atoms with Crippen LogP contribution in [0, 0.1) is 5.82 Å². The number of ether oxygens (including phenoxy) is 1. The van der Waals surface area contributed by atoms with Crippen LogP contribution >= 0.6 is 0 Å². The van der Waals surface area contributed by atoms with Crippen molar-refractivity contribution >= 4 is 5.97 Å². The number of aliphatic hydroxyl groups excluding tert-OH is 2. The predicted octanol–water partition coefficient (Wildman–Crippen LogP) is 0.524. The van der Waals surface area contributed by atoms with Gasteiger partial charge in [0, 0.05) is 5.56 Å². The average molecular weight is 214 g/mol. The predicted molar refractivity (Wildman–Crippen MR) is 49.3 cm³/mol. The standard InChI is InChI=1S/C10H11FO4/c1-15-10(14)9(13)7-4-6(5-12)2-3-8(7)11/h2-4,9,12-13H,5H2,1H3. The van der Waals surface area contributed by atoms with E-state index < -0.39 is 17.9 Å². The highest BCUT2D eigenvalue weighted by Crippen LogP contribution is 2.19. The van der Waals surface area contributed by atoms with Crippen LogP contribution in [0.2, 0.25) is 0 Å². The highest BCUT2D eigenvalue weighted by molar-refractivity contribution is 5.76. The number of rotatable bonds is 3. The Morgan fingerprint density at radius 2 is 2.27 bits per heavy atom. The minimum absolute atomic E-state index is 0.201. The topological polar surface area (TPSA) is 66.8 Å². The van der Waals surface area contributed by atoms with Gasteiger partial charge in [-0.05, 0) is 17.7 Å². The molecule has 0 aliphatic heterocycles. The zero-order valence-electron chi connectivity index (χ0n) is 8.11. The summed E-state index contributed by atoms with van der Waals surface area (Å²) < 4.78 is 17.5. The maximum absolute atomic E-state index is 13.2. The Morgan fingerprint density at radius 1 is 1.60 bits per heavy atom. The molecule has 0 spiro atoms. The molecule has 0 aromatic heterocycles. The lowest BCUT2D eigenvalue weighted by molar-refractivity contribution is -0.150. The Balaban J connectivity index is 3.06. The molecular formula is C10H11FO4. The van der Waals surface area contributed by atoms with Crippen molar-refractivity contribution in [3.05, 3.63) is 35.1 Å². The van der Waals surface area contributed by atoms with E-state index in [4.69, 9.17) is 5.11 Å². The van der Waals surface area contributed by atoms with Crippen molar-refractivity contribution < 1.29 is 24.1 Å². The van der Waals surface area contributed by atoms with Gasteiger partial charge in [0.2, 0.25) is 0 Å². The van der Waals surface area contributed by atoms with Crippen molar-refractivity contribution in [2.75, 3.05) is 7.11 Å². The molecule has 0 amide bonds. The maximum atomic E-state index is 13.2. The quantitative estimate of drug-likeness (QED) is 0.720. The Bertz CT molecular complexity index is 364. The third-order valence-electron chi connectivity index (χ3n) is 1.96. The molecule has 0 saturated heterocycles. The van der Waals surface area contributed by atoms with Crippen LogP contribution < -0.4 is 0 Å². The van der Waals surface area contributed by atoms with Crippen LogP contribution in [0.1, 0.15) is 17.2 Å². The van der Waals surface area contributed by atoms with Crippen molar-refractivity contribution in [2.24, 2.45) is 0 Å². The molecule has 0 bridgehead atoms. The van der Waals surface area contributed by atoms with Crippen LogP contribution in [0.3, 0.4) is 0 Å². The second kappa shape index (κ2) is 4.86. The second-order valence-corrected chi connectivity index (χ2v) is 2.94. The maximum Gasteiger partial charge on any atom is 0.339 e. The molecule has 82 valence electrons. The number of aliphatic hydroxyl groups is 2. The number of benzene rings is 1. The number of esters is 1. The molecule has 0 fully saturated rings. The molecule has 15 heavy (non-hydrogen) atoms. The van der Waals surface area contributed by atoms with Gasteiger partial charge in [0.1, 0.15) is 5.82 Å². The number of methoxy groups -OCH3 is 1. The lowest BCUT2D eigenvalue weighted by Gasteiger charge is -2.10.